The normalized spacial score (nSPS) is 11.4. The summed E-state index contributed by atoms with van der Waals surface area (Å²) in [6, 6.07) is 14.2. The largest absolute Gasteiger partial charge is 0.444 e. The first kappa shape index (κ1) is 22.8. The number of guanidine groups is 1. The molecule has 0 aliphatic carbocycles. The number of aryl methyl sites for hydroxylation is 2. The SMILES string of the molecule is CCNC(=NCc1coc(-c2ccc(C)cc2)n1)NCc1cn2c(C)cccc2n1.I. The number of fused-ring (bicyclic) bond motifs is 1. The molecule has 0 radical (unpaired) electrons. The van der Waals surface area contributed by atoms with Gasteiger partial charge in [-0.2, -0.15) is 0 Å². The second-order valence-electron chi connectivity index (χ2n) is 7.19. The molecule has 1 aromatic carbocycles. The van der Waals surface area contributed by atoms with Crippen LogP contribution in [0.15, 0.2) is 64.3 Å². The Bertz CT molecular complexity index is 1160. The predicted octanol–water partition coefficient (Wildman–Crippen LogP) is 4.48. The van der Waals surface area contributed by atoms with E-state index in [0.717, 1.165) is 34.8 Å². The zero-order valence-corrected chi connectivity index (χ0v) is 20.3. The van der Waals surface area contributed by atoms with Crippen LogP contribution in [0.1, 0.15) is 29.6 Å². The van der Waals surface area contributed by atoms with Gasteiger partial charge in [-0.1, -0.05) is 23.8 Å². The predicted molar refractivity (Wildman–Crippen MR) is 134 cm³/mol. The van der Waals surface area contributed by atoms with E-state index in [-0.39, 0.29) is 24.0 Å². The number of hydrogen-bond donors (Lipinski definition) is 2. The maximum atomic E-state index is 5.62. The molecule has 8 heteroatoms. The smallest absolute Gasteiger partial charge is 0.226 e. The van der Waals surface area contributed by atoms with Gasteiger partial charge in [-0.3, -0.25) is 0 Å². The van der Waals surface area contributed by atoms with Crippen molar-refractivity contribution in [1.29, 1.82) is 0 Å². The Hall–Kier alpha value is -2.88. The summed E-state index contributed by atoms with van der Waals surface area (Å²) in [5.41, 5.74) is 6.01. The Morgan fingerprint density at radius 2 is 1.84 bits per heavy atom. The summed E-state index contributed by atoms with van der Waals surface area (Å²) in [5, 5.41) is 6.60. The first-order valence-electron chi connectivity index (χ1n) is 10.1. The van der Waals surface area contributed by atoms with E-state index in [9.17, 15) is 0 Å². The summed E-state index contributed by atoms with van der Waals surface area (Å²) in [6.45, 7) is 7.94. The van der Waals surface area contributed by atoms with Crippen LogP contribution in [0.3, 0.4) is 0 Å². The number of pyridine rings is 1. The maximum absolute atomic E-state index is 5.62. The van der Waals surface area contributed by atoms with Crippen LogP contribution in [0.25, 0.3) is 17.1 Å². The number of rotatable bonds is 6. The number of benzene rings is 1. The summed E-state index contributed by atoms with van der Waals surface area (Å²) in [5.74, 6) is 1.32. The zero-order chi connectivity index (χ0) is 20.9. The molecule has 2 N–H and O–H groups in total. The molecule has 31 heavy (non-hydrogen) atoms. The van der Waals surface area contributed by atoms with Crippen LogP contribution in [0.5, 0.6) is 0 Å². The molecule has 0 amide bonds. The maximum Gasteiger partial charge on any atom is 0.226 e. The van der Waals surface area contributed by atoms with Gasteiger partial charge < -0.3 is 19.5 Å². The molecule has 3 aromatic heterocycles. The van der Waals surface area contributed by atoms with E-state index in [1.807, 2.05) is 49.5 Å². The van der Waals surface area contributed by atoms with Crippen molar-refractivity contribution < 1.29 is 4.42 Å². The number of hydrogen-bond acceptors (Lipinski definition) is 4. The van der Waals surface area contributed by atoms with E-state index in [1.54, 1.807) is 6.26 Å². The summed E-state index contributed by atoms with van der Waals surface area (Å²) in [7, 11) is 0. The summed E-state index contributed by atoms with van der Waals surface area (Å²) < 4.78 is 7.71. The lowest BCUT2D eigenvalue weighted by molar-refractivity contribution is 0.572. The highest BCUT2D eigenvalue weighted by Gasteiger charge is 2.08. The fourth-order valence-corrected chi connectivity index (χ4v) is 3.17. The Labute approximate surface area is 199 Å². The second-order valence-corrected chi connectivity index (χ2v) is 7.19. The average molecular weight is 530 g/mol. The van der Waals surface area contributed by atoms with Crippen LogP contribution in [-0.4, -0.2) is 26.9 Å². The first-order chi connectivity index (χ1) is 14.6. The summed E-state index contributed by atoms with van der Waals surface area (Å²) in [6.07, 6.45) is 3.71. The minimum atomic E-state index is 0. The van der Waals surface area contributed by atoms with E-state index in [1.165, 1.54) is 5.56 Å². The summed E-state index contributed by atoms with van der Waals surface area (Å²) in [4.78, 5) is 13.8. The van der Waals surface area contributed by atoms with Gasteiger partial charge in [0, 0.05) is 24.0 Å². The van der Waals surface area contributed by atoms with Crippen molar-refractivity contribution in [2.45, 2.75) is 33.9 Å². The van der Waals surface area contributed by atoms with Gasteiger partial charge in [0.1, 0.15) is 17.6 Å². The first-order valence-corrected chi connectivity index (χ1v) is 10.1. The highest BCUT2D eigenvalue weighted by atomic mass is 127. The average Bonchev–Trinajstić information content (AvgIpc) is 3.38. The van der Waals surface area contributed by atoms with Crippen LogP contribution in [0.4, 0.5) is 0 Å². The van der Waals surface area contributed by atoms with Crippen molar-refractivity contribution >= 4 is 35.6 Å². The van der Waals surface area contributed by atoms with Crippen LogP contribution >= 0.6 is 24.0 Å². The minimum absolute atomic E-state index is 0. The van der Waals surface area contributed by atoms with Gasteiger partial charge in [-0.25, -0.2) is 15.0 Å². The van der Waals surface area contributed by atoms with Crippen LogP contribution < -0.4 is 10.6 Å². The fourth-order valence-electron chi connectivity index (χ4n) is 3.17. The van der Waals surface area contributed by atoms with Gasteiger partial charge in [0.2, 0.25) is 5.89 Å². The molecule has 3 heterocycles. The van der Waals surface area contributed by atoms with Crippen LogP contribution in [0, 0.1) is 13.8 Å². The number of nitrogens with one attached hydrogen (secondary N) is 2. The minimum Gasteiger partial charge on any atom is -0.444 e. The molecule has 162 valence electrons. The van der Waals surface area contributed by atoms with Gasteiger partial charge in [0.15, 0.2) is 5.96 Å². The molecule has 0 saturated heterocycles. The third-order valence-corrected chi connectivity index (χ3v) is 4.78. The lowest BCUT2D eigenvalue weighted by Gasteiger charge is -2.09. The van der Waals surface area contributed by atoms with Crippen molar-refractivity contribution in [2.75, 3.05) is 6.54 Å². The number of imidazole rings is 1. The lowest BCUT2D eigenvalue weighted by Crippen LogP contribution is -2.36. The van der Waals surface area contributed by atoms with Gasteiger partial charge >= 0.3 is 0 Å². The van der Waals surface area contributed by atoms with E-state index < -0.39 is 0 Å². The molecule has 0 unspecified atom stereocenters. The Morgan fingerprint density at radius 3 is 2.58 bits per heavy atom. The third-order valence-electron chi connectivity index (χ3n) is 4.78. The van der Waals surface area contributed by atoms with Crippen molar-refractivity contribution in [3.8, 4) is 11.5 Å². The Kier molecular flexibility index (Phi) is 7.67. The molecule has 7 nitrogen and oxygen atoms in total. The van der Waals surface area contributed by atoms with Crippen LogP contribution in [0.2, 0.25) is 0 Å². The number of aliphatic imine (C=N–C) groups is 1. The molecule has 0 saturated carbocycles. The lowest BCUT2D eigenvalue weighted by atomic mass is 10.1. The third kappa shape index (κ3) is 5.63. The summed E-state index contributed by atoms with van der Waals surface area (Å²) >= 11 is 0. The van der Waals surface area contributed by atoms with Crippen molar-refractivity contribution in [3.63, 3.8) is 0 Å². The van der Waals surface area contributed by atoms with Crippen molar-refractivity contribution in [1.82, 2.24) is 25.0 Å². The molecule has 0 spiro atoms. The highest BCUT2D eigenvalue weighted by Crippen LogP contribution is 2.19. The molecule has 4 rings (SSSR count). The molecule has 0 aliphatic rings. The van der Waals surface area contributed by atoms with Gasteiger partial charge in [0.05, 0.1) is 18.8 Å². The molecule has 0 aliphatic heterocycles. The molecule has 0 fully saturated rings. The number of oxazole rings is 1. The van der Waals surface area contributed by atoms with Crippen molar-refractivity contribution in [3.05, 3.63) is 77.6 Å². The van der Waals surface area contributed by atoms with Crippen LogP contribution in [-0.2, 0) is 13.1 Å². The quantitative estimate of drug-likeness (QED) is 0.218. The van der Waals surface area contributed by atoms with E-state index in [4.69, 9.17) is 4.42 Å². The molecule has 0 bridgehead atoms. The van der Waals surface area contributed by atoms with Gasteiger partial charge in [0.25, 0.3) is 0 Å². The molecular weight excluding hydrogens is 503 g/mol. The van der Waals surface area contributed by atoms with E-state index in [0.29, 0.717) is 24.9 Å². The second kappa shape index (κ2) is 10.4. The Morgan fingerprint density at radius 1 is 1.03 bits per heavy atom. The topological polar surface area (TPSA) is 79.8 Å². The number of nitrogens with zero attached hydrogens (tertiary/aromatic N) is 4. The standard InChI is InChI=1S/C23H26N6O.HI/c1-4-24-23(25-12-19-14-29-17(3)6-5-7-21(29)27-19)26-13-20-15-30-22(28-20)18-10-8-16(2)9-11-18;/h5-11,14-15H,4,12-13H2,1-3H3,(H2,24,25,26);1H. The van der Waals surface area contributed by atoms with Crippen molar-refractivity contribution in [2.24, 2.45) is 4.99 Å². The number of halogens is 1. The molecule has 0 atom stereocenters. The zero-order valence-electron chi connectivity index (χ0n) is 17.9. The van der Waals surface area contributed by atoms with E-state index in [2.05, 4.69) is 49.9 Å². The monoisotopic (exact) mass is 530 g/mol. The Balaban J connectivity index is 0.00000272. The molecule has 4 aromatic rings. The van der Waals surface area contributed by atoms with E-state index >= 15 is 0 Å². The van der Waals surface area contributed by atoms with Gasteiger partial charge in [-0.05, 0) is 45.0 Å². The van der Waals surface area contributed by atoms with Gasteiger partial charge in [-0.15, -0.1) is 24.0 Å². The fraction of sp³-hybridized carbons (Fsp3) is 0.261. The molecular formula is C23H27IN6O. The highest BCUT2D eigenvalue weighted by molar-refractivity contribution is 14.0. The number of aromatic nitrogens is 3.